The van der Waals surface area contributed by atoms with Gasteiger partial charge in [-0.2, -0.15) is 10.2 Å². The molecule has 0 spiro atoms. The summed E-state index contributed by atoms with van der Waals surface area (Å²) in [6.45, 7) is 0. The highest BCUT2D eigenvalue weighted by Gasteiger charge is 2.12. The lowest BCUT2D eigenvalue weighted by Crippen LogP contribution is -2.17. The number of H-pyrrole nitrogens is 1. The van der Waals surface area contributed by atoms with Crippen LogP contribution in [0.5, 0.6) is 0 Å². The normalized spacial score (nSPS) is 11.0. The molecule has 0 aliphatic carbocycles. The van der Waals surface area contributed by atoms with E-state index in [1.165, 1.54) is 18.3 Å². The zero-order valence-electron chi connectivity index (χ0n) is 12.6. The van der Waals surface area contributed by atoms with Crippen molar-refractivity contribution in [2.24, 2.45) is 5.10 Å². The van der Waals surface area contributed by atoms with Gasteiger partial charge < -0.3 is 0 Å². The summed E-state index contributed by atoms with van der Waals surface area (Å²) in [5, 5.41) is 11.5. The van der Waals surface area contributed by atoms with Crippen molar-refractivity contribution in [1.82, 2.24) is 15.6 Å². The number of nitrogens with zero attached hydrogens (tertiary/aromatic N) is 2. The predicted molar refractivity (Wildman–Crippen MR) is 95.5 cm³/mol. The molecule has 2 aromatic carbocycles. The molecule has 0 fully saturated rings. The molecule has 126 valence electrons. The Morgan fingerprint density at radius 1 is 1.16 bits per heavy atom. The van der Waals surface area contributed by atoms with E-state index in [2.05, 4.69) is 20.7 Å². The molecular weight excluding hydrogens is 366 g/mol. The number of hydrazone groups is 1. The number of aromatic amines is 1. The third kappa shape index (κ3) is 4.23. The Labute approximate surface area is 152 Å². The monoisotopic (exact) mass is 376 g/mol. The van der Waals surface area contributed by atoms with Gasteiger partial charge >= 0.3 is 0 Å². The highest BCUT2D eigenvalue weighted by molar-refractivity contribution is 6.36. The third-order valence-electron chi connectivity index (χ3n) is 3.28. The fourth-order valence-corrected chi connectivity index (χ4v) is 2.55. The first-order chi connectivity index (χ1) is 12.0. The van der Waals surface area contributed by atoms with Crippen molar-refractivity contribution < 1.29 is 9.18 Å². The van der Waals surface area contributed by atoms with Gasteiger partial charge in [-0.15, -0.1) is 0 Å². The standard InChI is InChI=1S/C17H11Cl2FN4O/c18-11-3-6-13(14(19)7-11)15-8-16(23-22-15)17(25)24-21-9-10-1-4-12(20)5-2-10/h1-9H,(H,22,23)(H,24,25)/b21-9-. The highest BCUT2D eigenvalue weighted by atomic mass is 35.5. The van der Waals surface area contributed by atoms with Gasteiger partial charge in [0, 0.05) is 10.6 Å². The summed E-state index contributed by atoms with van der Waals surface area (Å²) in [5.74, 6) is -0.811. The van der Waals surface area contributed by atoms with E-state index in [1.54, 1.807) is 36.4 Å². The summed E-state index contributed by atoms with van der Waals surface area (Å²) in [6.07, 6.45) is 1.41. The van der Waals surface area contributed by atoms with Crippen molar-refractivity contribution in [3.8, 4) is 11.3 Å². The molecule has 2 N–H and O–H groups in total. The molecule has 3 aromatic rings. The molecule has 0 aliphatic rings. The summed E-state index contributed by atoms with van der Waals surface area (Å²) < 4.78 is 12.8. The van der Waals surface area contributed by atoms with E-state index in [-0.39, 0.29) is 11.5 Å². The van der Waals surface area contributed by atoms with E-state index in [0.29, 0.717) is 26.9 Å². The second-order valence-corrected chi connectivity index (χ2v) is 5.89. The average Bonchev–Trinajstić information content (AvgIpc) is 3.06. The van der Waals surface area contributed by atoms with Crippen molar-refractivity contribution in [2.75, 3.05) is 0 Å². The minimum Gasteiger partial charge on any atom is -0.272 e. The zero-order chi connectivity index (χ0) is 17.8. The van der Waals surface area contributed by atoms with Crippen LogP contribution in [0.25, 0.3) is 11.3 Å². The quantitative estimate of drug-likeness (QED) is 0.526. The van der Waals surface area contributed by atoms with Crippen LogP contribution < -0.4 is 5.43 Å². The molecule has 0 radical (unpaired) electrons. The van der Waals surface area contributed by atoms with Gasteiger partial charge in [-0.25, -0.2) is 9.82 Å². The molecule has 25 heavy (non-hydrogen) atoms. The van der Waals surface area contributed by atoms with E-state index in [4.69, 9.17) is 23.2 Å². The largest absolute Gasteiger partial charge is 0.289 e. The van der Waals surface area contributed by atoms with Crippen molar-refractivity contribution >= 4 is 35.3 Å². The Morgan fingerprint density at radius 2 is 1.92 bits per heavy atom. The first-order valence-electron chi connectivity index (χ1n) is 7.13. The van der Waals surface area contributed by atoms with Crippen LogP contribution in [-0.2, 0) is 0 Å². The van der Waals surface area contributed by atoms with Crippen molar-refractivity contribution in [2.45, 2.75) is 0 Å². The third-order valence-corrected chi connectivity index (χ3v) is 3.83. The molecule has 0 unspecified atom stereocenters. The molecule has 1 amide bonds. The van der Waals surface area contributed by atoms with Crippen LogP contribution in [-0.4, -0.2) is 22.3 Å². The van der Waals surface area contributed by atoms with Gasteiger partial charge in [-0.1, -0.05) is 35.3 Å². The second kappa shape index (κ2) is 7.46. The number of hydrogen-bond donors (Lipinski definition) is 2. The lowest BCUT2D eigenvalue weighted by atomic mass is 10.1. The molecule has 0 atom stereocenters. The lowest BCUT2D eigenvalue weighted by Gasteiger charge is -2.00. The van der Waals surface area contributed by atoms with E-state index in [9.17, 15) is 9.18 Å². The summed E-state index contributed by atoms with van der Waals surface area (Å²) >= 11 is 12.0. The minimum absolute atomic E-state index is 0.220. The number of carbonyl (C=O) groups is 1. The van der Waals surface area contributed by atoms with Gasteiger partial charge in [-0.3, -0.25) is 9.89 Å². The molecule has 0 saturated carbocycles. The van der Waals surface area contributed by atoms with E-state index in [1.807, 2.05) is 0 Å². The van der Waals surface area contributed by atoms with Crippen LogP contribution in [0.2, 0.25) is 10.0 Å². The lowest BCUT2D eigenvalue weighted by molar-refractivity contribution is 0.0950. The summed E-state index contributed by atoms with van der Waals surface area (Å²) in [4.78, 5) is 12.1. The van der Waals surface area contributed by atoms with E-state index >= 15 is 0 Å². The molecular formula is C17H11Cl2FN4O. The number of carbonyl (C=O) groups excluding carboxylic acids is 1. The summed E-state index contributed by atoms with van der Waals surface area (Å²) in [7, 11) is 0. The smallest absolute Gasteiger partial charge is 0.272 e. The first kappa shape index (κ1) is 17.1. The van der Waals surface area contributed by atoms with Crippen LogP contribution in [0.3, 0.4) is 0 Å². The number of hydrogen-bond acceptors (Lipinski definition) is 3. The van der Waals surface area contributed by atoms with Gasteiger partial charge in [0.1, 0.15) is 11.5 Å². The van der Waals surface area contributed by atoms with E-state index < -0.39 is 5.91 Å². The second-order valence-electron chi connectivity index (χ2n) is 5.04. The molecule has 1 aromatic heterocycles. The Balaban J connectivity index is 1.69. The Morgan fingerprint density at radius 3 is 2.64 bits per heavy atom. The predicted octanol–water partition coefficient (Wildman–Crippen LogP) is 4.29. The molecule has 1 heterocycles. The van der Waals surface area contributed by atoms with Crippen molar-refractivity contribution in [1.29, 1.82) is 0 Å². The first-order valence-corrected chi connectivity index (χ1v) is 7.88. The maximum atomic E-state index is 12.8. The van der Waals surface area contributed by atoms with Crippen LogP contribution in [0.15, 0.2) is 53.6 Å². The number of rotatable bonds is 4. The summed E-state index contributed by atoms with van der Waals surface area (Å²) in [6, 6.07) is 12.3. The SMILES string of the molecule is O=C(N/N=C\c1ccc(F)cc1)c1cc(-c2ccc(Cl)cc2Cl)n[nH]1. The average molecular weight is 377 g/mol. The summed E-state index contributed by atoms with van der Waals surface area (Å²) in [5.41, 5.74) is 4.39. The number of halogens is 3. The number of nitrogens with one attached hydrogen (secondary N) is 2. The Kier molecular flexibility index (Phi) is 5.11. The van der Waals surface area contributed by atoms with Crippen LogP contribution in [0, 0.1) is 5.82 Å². The molecule has 0 saturated heterocycles. The topological polar surface area (TPSA) is 70.1 Å². The number of amides is 1. The Bertz CT molecular complexity index is 938. The number of aromatic nitrogens is 2. The van der Waals surface area contributed by atoms with Gasteiger partial charge in [0.25, 0.3) is 5.91 Å². The maximum absolute atomic E-state index is 12.8. The maximum Gasteiger partial charge on any atom is 0.289 e. The van der Waals surface area contributed by atoms with Gasteiger partial charge in [0.2, 0.25) is 0 Å². The molecule has 0 bridgehead atoms. The molecule has 5 nitrogen and oxygen atoms in total. The van der Waals surface area contributed by atoms with Crippen molar-refractivity contribution in [3.63, 3.8) is 0 Å². The van der Waals surface area contributed by atoms with Gasteiger partial charge in [-0.05, 0) is 42.0 Å². The van der Waals surface area contributed by atoms with Crippen molar-refractivity contribution in [3.05, 3.63) is 75.7 Å². The molecule has 3 rings (SSSR count). The Hall–Kier alpha value is -2.70. The molecule has 8 heteroatoms. The van der Waals surface area contributed by atoms with Gasteiger partial charge in [0.15, 0.2) is 0 Å². The van der Waals surface area contributed by atoms with Crippen LogP contribution in [0.1, 0.15) is 16.1 Å². The molecule has 0 aliphatic heterocycles. The fraction of sp³-hybridized carbons (Fsp3) is 0. The zero-order valence-corrected chi connectivity index (χ0v) is 14.1. The van der Waals surface area contributed by atoms with Crippen LogP contribution >= 0.6 is 23.2 Å². The minimum atomic E-state index is -0.470. The fourth-order valence-electron chi connectivity index (χ4n) is 2.05. The highest BCUT2D eigenvalue weighted by Crippen LogP contribution is 2.29. The van der Waals surface area contributed by atoms with Crippen LogP contribution in [0.4, 0.5) is 4.39 Å². The van der Waals surface area contributed by atoms with E-state index in [0.717, 1.165) is 0 Å². The van der Waals surface area contributed by atoms with Gasteiger partial charge in [0.05, 0.1) is 16.9 Å². The number of benzene rings is 2.